The third kappa shape index (κ3) is 3.06. The predicted octanol–water partition coefficient (Wildman–Crippen LogP) is 4.38. The Bertz CT molecular complexity index is 718. The summed E-state index contributed by atoms with van der Waals surface area (Å²) in [4.78, 5) is 14.4. The van der Waals surface area contributed by atoms with Crippen molar-refractivity contribution in [2.45, 2.75) is 19.4 Å². The van der Waals surface area contributed by atoms with Crippen LogP contribution in [0.25, 0.3) is 0 Å². The highest BCUT2D eigenvalue weighted by Crippen LogP contribution is 2.31. The lowest BCUT2D eigenvalue weighted by atomic mass is 10.1. The molecule has 1 amide bonds. The number of para-hydroxylation sites is 1. The van der Waals surface area contributed by atoms with E-state index in [1.807, 2.05) is 12.1 Å². The van der Waals surface area contributed by atoms with Gasteiger partial charge in [-0.2, -0.15) is 0 Å². The second kappa shape index (κ2) is 6.19. The molecule has 22 heavy (non-hydrogen) atoms. The lowest BCUT2D eigenvalue weighted by Crippen LogP contribution is -2.37. The van der Waals surface area contributed by atoms with Crippen molar-refractivity contribution in [2.24, 2.45) is 0 Å². The SMILES string of the molecule is C[C@H]1Cc2ccccc2N1CC(=O)Nc1ccc(Cl)cc1Cl. The van der Waals surface area contributed by atoms with Crippen LogP contribution in [0, 0.1) is 0 Å². The van der Waals surface area contributed by atoms with Gasteiger partial charge < -0.3 is 10.2 Å². The van der Waals surface area contributed by atoms with Gasteiger partial charge in [-0.25, -0.2) is 0 Å². The molecule has 0 saturated carbocycles. The van der Waals surface area contributed by atoms with Crippen molar-refractivity contribution in [2.75, 3.05) is 16.8 Å². The van der Waals surface area contributed by atoms with Crippen LogP contribution >= 0.6 is 23.2 Å². The number of carbonyl (C=O) groups is 1. The molecule has 0 aromatic heterocycles. The summed E-state index contributed by atoms with van der Waals surface area (Å²) in [5, 5.41) is 3.83. The van der Waals surface area contributed by atoms with Gasteiger partial charge in [0.1, 0.15) is 0 Å². The second-order valence-electron chi connectivity index (χ2n) is 5.48. The van der Waals surface area contributed by atoms with Crippen molar-refractivity contribution in [1.29, 1.82) is 0 Å². The van der Waals surface area contributed by atoms with E-state index in [9.17, 15) is 4.79 Å². The van der Waals surface area contributed by atoms with Crippen LogP contribution in [0.2, 0.25) is 10.0 Å². The fraction of sp³-hybridized carbons (Fsp3) is 0.235. The zero-order valence-electron chi connectivity index (χ0n) is 12.1. The van der Waals surface area contributed by atoms with Crippen LogP contribution in [0.15, 0.2) is 42.5 Å². The zero-order valence-corrected chi connectivity index (χ0v) is 13.7. The average molecular weight is 335 g/mol. The van der Waals surface area contributed by atoms with Crippen molar-refractivity contribution in [1.82, 2.24) is 0 Å². The molecule has 5 heteroatoms. The highest BCUT2D eigenvalue weighted by Gasteiger charge is 2.27. The first kappa shape index (κ1) is 15.2. The fourth-order valence-electron chi connectivity index (χ4n) is 2.81. The van der Waals surface area contributed by atoms with Gasteiger partial charge in [-0.15, -0.1) is 0 Å². The molecule has 1 aliphatic rings. The van der Waals surface area contributed by atoms with Gasteiger partial charge in [0.05, 0.1) is 17.3 Å². The van der Waals surface area contributed by atoms with Gasteiger partial charge in [0, 0.05) is 16.8 Å². The third-order valence-corrected chi connectivity index (χ3v) is 4.42. The largest absolute Gasteiger partial charge is 0.359 e. The van der Waals surface area contributed by atoms with Crippen LogP contribution in [0.5, 0.6) is 0 Å². The molecule has 1 atom stereocenters. The van der Waals surface area contributed by atoms with E-state index in [0.29, 0.717) is 28.3 Å². The Labute approximate surface area is 139 Å². The van der Waals surface area contributed by atoms with E-state index in [-0.39, 0.29) is 5.91 Å². The molecule has 1 heterocycles. The van der Waals surface area contributed by atoms with Crippen LogP contribution in [0.1, 0.15) is 12.5 Å². The lowest BCUT2D eigenvalue weighted by molar-refractivity contribution is -0.115. The van der Waals surface area contributed by atoms with E-state index in [1.54, 1.807) is 18.2 Å². The first-order chi connectivity index (χ1) is 10.5. The number of anilines is 2. The molecular formula is C17H16Cl2N2O. The molecule has 0 aliphatic carbocycles. The van der Waals surface area contributed by atoms with Crippen LogP contribution in [-0.4, -0.2) is 18.5 Å². The van der Waals surface area contributed by atoms with Crippen LogP contribution < -0.4 is 10.2 Å². The summed E-state index contributed by atoms with van der Waals surface area (Å²) in [6, 6.07) is 13.5. The quantitative estimate of drug-likeness (QED) is 0.903. The van der Waals surface area contributed by atoms with E-state index < -0.39 is 0 Å². The number of rotatable bonds is 3. The van der Waals surface area contributed by atoms with Gasteiger partial charge in [0.15, 0.2) is 0 Å². The number of nitrogens with zero attached hydrogens (tertiary/aromatic N) is 1. The first-order valence-corrected chi connectivity index (χ1v) is 7.89. The Morgan fingerprint density at radius 3 is 2.82 bits per heavy atom. The van der Waals surface area contributed by atoms with Gasteiger partial charge in [-0.1, -0.05) is 41.4 Å². The summed E-state index contributed by atoms with van der Waals surface area (Å²) < 4.78 is 0. The Balaban J connectivity index is 1.72. The molecule has 0 radical (unpaired) electrons. The molecule has 1 aliphatic heterocycles. The number of halogens is 2. The number of nitrogens with one attached hydrogen (secondary N) is 1. The Kier molecular flexibility index (Phi) is 4.27. The van der Waals surface area contributed by atoms with Gasteiger partial charge in [0.2, 0.25) is 5.91 Å². The highest BCUT2D eigenvalue weighted by atomic mass is 35.5. The number of benzene rings is 2. The lowest BCUT2D eigenvalue weighted by Gasteiger charge is -2.24. The topological polar surface area (TPSA) is 32.3 Å². The van der Waals surface area contributed by atoms with Crippen molar-refractivity contribution < 1.29 is 4.79 Å². The Morgan fingerprint density at radius 2 is 2.05 bits per heavy atom. The Hall–Kier alpha value is -1.71. The molecule has 0 bridgehead atoms. The zero-order chi connectivity index (χ0) is 15.7. The normalized spacial score (nSPS) is 16.5. The molecule has 0 unspecified atom stereocenters. The predicted molar refractivity (Wildman–Crippen MR) is 92.0 cm³/mol. The molecule has 3 nitrogen and oxygen atoms in total. The van der Waals surface area contributed by atoms with Gasteiger partial charge >= 0.3 is 0 Å². The monoisotopic (exact) mass is 334 g/mol. The number of fused-ring (bicyclic) bond motifs is 1. The summed E-state index contributed by atoms with van der Waals surface area (Å²) in [5.74, 6) is -0.0900. The number of hydrogen-bond acceptors (Lipinski definition) is 2. The average Bonchev–Trinajstić information content (AvgIpc) is 2.78. The summed E-state index contributed by atoms with van der Waals surface area (Å²) in [6.45, 7) is 2.43. The molecule has 3 rings (SSSR count). The number of hydrogen-bond donors (Lipinski definition) is 1. The van der Waals surface area contributed by atoms with Crippen LogP contribution in [0.4, 0.5) is 11.4 Å². The minimum atomic E-state index is -0.0900. The molecule has 2 aromatic carbocycles. The summed E-state index contributed by atoms with van der Waals surface area (Å²) in [5.41, 5.74) is 3.00. The first-order valence-electron chi connectivity index (χ1n) is 7.14. The molecule has 2 aromatic rings. The standard InChI is InChI=1S/C17H16Cl2N2O/c1-11-8-12-4-2-3-5-16(12)21(11)10-17(22)20-15-7-6-13(18)9-14(15)19/h2-7,9,11H,8,10H2,1H3,(H,20,22)/t11-/m0/s1. The third-order valence-electron chi connectivity index (χ3n) is 3.87. The maximum atomic E-state index is 12.3. The molecule has 0 saturated heterocycles. The maximum Gasteiger partial charge on any atom is 0.243 e. The maximum absolute atomic E-state index is 12.3. The fourth-order valence-corrected chi connectivity index (χ4v) is 3.26. The minimum absolute atomic E-state index is 0.0900. The van der Waals surface area contributed by atoms with Crippen molar-refractivity contribution >= 4 is 40.5 Å². The van der Waals surface area contributed by atoms with Crippen LogP contribution in [-0.2, 0) is 11.2 Å². The van der Waals surface area contributed by atoms with Crippen LogP contribution in [0.3, 0.4) is 0 Å². The van der Waals surface area contributed by atoms with E-state index in [4.69, 9.17) is 23.2 Å². The summed E-state index contributed by atoms with van der Waals surface area (Å²) in [6.07, 6.45) is 0.963. The van der Waals surface area contributed by atoms with Crippen molar-refractivity contribution in [3.8, 4) is 0 Å². The van der Waals surface area contributed by atoms with E-state index in [0.717, 1.165) is 12.1 Å². The summed E-state index contributed by atoms with van der Waals surface area (Å²) in [7, 11) is 0. The highest BCUT2D eigenvalue weighted by molar-refractivity contribution is 6.36. The number of carbonyl (C=O) groups excluding carboxylic acids is 1. The van der Waals surface area contributed by atoms with E-state index in [2.05, 4.69) is 29.3 Å². The minimum Gasteiger partial charge on any atom is -0.359 e. The van der Waals surface area contributed by atoms with Gasteiger partial charge in [-0.05, 0) is 43.2 Å². The second-order valence-corrected chi connectivity index (χ2v) is 6.33. The smallest absolute Gasteiger partial charge is 0.243 e. The molecule has 0 fully saturated rings. The van der Waals surface area contributed by atoms with E-state index >= 15 is 0 Å². The molecule has 0 spiro atoms. The van der Waals surface area contributed by atoms with Crippen molar-refractivity contribution in [3.05, 3.63) is 58.1 Å². The van der Waals surface area contributed by atoms with Gasteiger partial charge in [-0.3, -0.25) is 4.79 Å². The van der Waals surface area contributed by atoms with E-state index in [1.165, 1.54) is 5.56 Å². The molecular weight excluding hydrogens is 319 g/mol. The van der Waals surface area contributed by atoms with Gasteiger partial charge in [0.25, 0.3) is 0 Å². The molecule has 114 valence electrons. The van der Waals surface area contributed by atoms with Crippen molar-refractivity contribution in [3.63, 3.8) is 0 Å². The molecule has 1 N–H and O–H groups in total. The Morgan fingerprint density at radius 1 is 1.27 bits per heavy atom. The number of amides is 1. The summed E-state index contributed by atoms with van der Waals surface area (Å²) >= 11 is 11.9.